The number of unbranched alkanes of at least 4 members (excludes halogenated alkanes) is 3. The number of rotatable bonds is 13. The third-order valence-corrected chi connectivity index (χ3v) is 2.94. The number of guanidine groups is 1. The van der Waals surface area contributed by atoms with E-state index < -0.39 is 0 Å². The molecule has 0 aliphatic carbocycles. The van der Waals surface area contributed by atoms with Crippen molar-refractivity contribution in [2.45, 2.75) is 45.4 Å². The first-order valence-electron chi connectivity index (χ1n) is 7.86. The average molecular weight is 287 g/mol. The molecule has 0 heterocycles. The lowest BCUT2D eigenvalue weighted by molar-refractivity contribution is 0.129. The van der Waals surface area contributed by atoms with Crippen molar-refractivity contribution in [2.75, 3.05) is 47.1 Å². The van der Waals surface area contributed by atoms with Crippen LogP contribution in [-0.4, -0.2) is 53.0 Å². The number of methoxy groups -OCH3 is 1. The second-order valence-electron chi connectivity index (χ2n) is 4.80. The maximum absolute atomic E-state index is 5.51. The molecule has 2 N–H and O–H groups in total. The second kappa shape index (κ2) is 16.2. The summed E-state index contributed by atoms with van der Waals surface area (Å²) in [6.07, 6.45) is 6.81. The van der Waals surface area contributed by atoms with Gasteiger partial charge in [0.2, 0.25) is 0 Å². The van der Waals surface area contributed by atoms with E-state index in [-0.39, 0.29) is 0 Å². The van der Waals surface area contributed by atoms with E-state index in [1.807, 2.05) is 0 Å². The molecule has 0 aliphatic heterocycles. The van der Waals surface area contributed by atoms with Crippen LogP contribution >= 0.6 is 0 Å². The zero-order valence-electron chi connectivity index (χ0n) is 13.5. The fraction of sp³-hybridized carbons (Fsp3) is 0.933. The first kappa shape index (κ1) is 19.2. The molecule has 0 rings (SSSR count). The summed E-state index contributed by atoms with van der Waals surface area (Å²) in [6.45, 7) is 6.58. The quantitative estimate of drug-likeness (QED) is 0.310. The molecular formula is C15H33N3O2. The van der Waals surface area contributed by atoms with Crippen LogP contribution in [0.2, 0.25) is 0 Å². The standard InChI is InChI=1S/C15H33N3O2/c1-4-5-13-20-14-9-11-18-15(16-2)17-10-7-6-8-12-19-3/h4-14H2,1-3H3,(H2,16,17,18). The Hall–Kier alpha value is -0.810. The largest absolute Gasteiger partial charge is 0.385 e. The average Bonchev–Trinajstić information content (AvgIpc) is 2.47. The lowest BCUT2D eigenvalue weighted by atomic mass is 10.2. The Bertz CT molecular complexity index is 223. The Kier molecular flexibility index (Phi) is 15.6. The normalized spacial score (nSPS) is 11.7. The van der Waals surface area contributed by atoms with E-state index in [0.717, 1.165) is 64.6 Å². The van der Waals surface area contributed by atoms with Gasteiger partial charge in [-0.1, -0.05) is 13.3 Å². The Labute approximate surface area is 124 Å². The van der Waals surface area contributed by atoms with Crippen molar-refractivity contribution in [2.24, 2.45) is 4.99 Å². The molecule has 20 heavy (non-hydrogen) atoms. The summed E-state index contributed by atoms with van der Waals surface area (Å²) in [6, 6.07) is 0. The van der Waals surface area contributed by atoms with E-state index in [1.54, 1.807) is 14.2 Å². The fourth-order valence-electron chi connectivity index (χ4n) is 1.71. The lowest BCUT2D eigenvalue weighted by Crippen LogP contribution is -2.38. The van der Waals surface area contributed by atoms with Gasteiger partial charge < -0.3 is 20.1 Å². The van der Waals surface area contributed by atoms with Gasteiger partial charge in [0, 0.05) is 47.1 Å². The van der Waals surface area contributed by atoms with Crippen LogP contribution in [0.15, 0.2) is 4.99 Å². The zero-order valence-corrected chi connectivity index (χ0v) is 13.5. The molecular weight excluding hydrogens is 254 g/mol. The van der Waals surface area contributed by atoms with Crippen molar-refractivity contribution in [1.82, 2.24) is 10.6 Å². The van der Waals surface area contributed by atoms with Crippen molar-refractivity contribution in [3.8, 4) is 0 Å². The monoisotopic (exact) mass is 287 g/mol. The minimum Gasteiger partial charge on any atom is -0.385 e. The van der Waals surface area contributed by atoms with E-state index in [4.69, 9.17) is 9.47 Å². The van der Waals surface area contributed by atoms with Crippen LogP contribution in [0.3, 0.4) is 0 Å². The highest BCUT2D eigenvalue weighted by Gasteiger charge is 1.96. The molecule has 5 heteroatoms. The molecule has 0 bridgehead atoms. The molecule has 0 saturated heterocycles. The van der Waals surface area contributed by atoms with Crippen LogP contribution in [0, 0.1) is 0 Å². The van der Waals surface area contributed by atoms with Gasteiger partial charge in [0.05, 0.1) is 0 Å². The predicted octanol–water partition coefficient (Wildman–Crippen LogP) is 2.17. The third kappa shape index (κ3) is 13.6. The smallest absolute Gasteiger partial charge is 0.190 e. The number of nitrogens with zero attached hydrogens (tertiary/aromatic N) is 1. The maximum Gasteiger partial charge on any atom is 0.190 e. The minimum absolute atomic E-state index is 0.820. The maximum atomic E-state index is 5.51. The van der Waals surface area contributed by atoms with E-state index in [9.17, 15) is 0 Å². The minimum atomic E-state index is 0.820. The van der Waals surface area contributed by atoms with Gasteiger partial charge in [-0.2, -0.15) is 0 Å². The highest BCUT2D eigenvalue weighted by molar-refractivity contribution is 5.79. The molecule has 0 amide bonds. The van der Waals surface area contributed by atoms with Gasteiger partial charge in [0.25, 0.3) is 0 Å². The summed E-state index contributed by atoms with van der Waals surface area (Å²) in [4.78, 5) is 4.20. The van der Waals surface area contributed by atoms with Gasteiger partial charge >= 0.3 is 0 Å². The molecule has 0 aromatic rings. The number of hydrogen-bond acceptors (Lipinski definition) is 3. The summed E-state index contributed by atoms with van der Waals surface area (Å²) in [5.74, 6) is 0.880. The topological polar surface area (TPSA) is 54.9 Å². The number of hydrogen-bond donors (Lipinski definition) is 2. The van der Waals surface area contributed by atoms with Gasteiger partial charge in [0.15, 0.2) is 5.96 Å². The second-order valence-corrected chi connectivity index (χ2v) is 4.80. The van der Waals surface area contributed by atoms with E-state index in [2.05, 4.69) is 22.5 Å². The summed E-state index contributed by atoms with van der Waals surface area (Å²) >= 11 is 0. The summed E-state index contributed by atoms with van der Waals surface area (Å²) in [5.41, 5.74) is 0. The summed E-state index contributed by atoms with van der Waals surface area (Å²) in [7, 11) is 3.55. The van der Waals surface area contributed by atoms with Crippen LogP contribution in [-0.2, 0) is 9.47 Å². The highest BCUT2D eigenvalue weighted by atomic mass is 16.5. The fourth-order valence-corrected chi connectivity index (χ4v) is 1.71. The molecule has 0 atom stereocenters. The number of nitrogens with one attached hydrogen (secondary N) is 2. The Morgan fingerprint density at radius 3 is 2.25 bits per heavy atom. The Morgan fingerprint density at radius 2 is 1.60 bits per heavy atom. The van der Waals surface area contributed by atoms with Crippen molar-refractivity contribution < 1.29 is 9.47 Å². The van der Waals surface area contributed by atoms with Crippen LogP contribution in [0.4, 0.5) is 0 Å². The molecule has 0 aromatic carbocycles. The Morgan fingerprint density at radius 1 is 0.900 bits per heavy atom. The predicted molar refractivity (Wildman–Crippen MR) is 85.4 cm³/mol. The number of aliphatic imine (C=N–C) groups is 1. The van der Waals surface area contributed by atoms with Gasteiger partial charge in [-0.15, -0.1) is 0 Å². The molecule has 120 valence electrons. The van der Waals surface area contributed by atoms with Crippen LogP contribution in [0.25, 0.3) is 0 Å². The van der Waals surface area contributed by atoms with Crippen molar-refractivity contribution in [3.63, 3.8) is 0 Å². The molecule has 0 saturated carbocycles. The lowest BCUT2D eigenvalue weighted by Gasteiger charge is -2.11. The SMILES string of the molecule is CCCCOCCCNC(=NC)NCCCCCOC. The molecule has 0 unspecified atom stereocenters. The van der Waals surface area contributed by atoms with Crippen LogP contribution in [0.1, 0.15) is 45.4 Å². The first-order valence-corrected chi connectivity index (χ1v) is 7.86. The molecule has 0 aromatic heterocycles. The van der Waals surface area contributed by atoms with Gasteiger partial charge in [-0.25, -0.2) is 0 Å². The Balaban J connectivity index is 3.35. The molecule has 0 aliphatic rings. The molecule has 0 spiro atoms. The van der Waals surface area contributed by atoms with Gasteiger partial charge in [-0.05, 0) is 32.1 Å². The van der Waals surface area contributed by atoms with Crippen LogP contribution < -0.4 is 10.6 Å². The molecule has 5 nitrogen and oxygen atoms in total. The van der Waals surface area contributed by atoms with Gasteiger partial charge in [-0.3, -0.25) is 4.99 Å². The molecule has 0 fully saturated rings. The van der Waals surface area contributed by atoms with Crippen molar-refractivity contribution in [1.29, 1.82) is 0 Å². The van der Waals surface area contributed by atoms with E-state index >= 15 is 0 Å². The first-order chi connectivity index (χ1) is 9.85. The highest BCUT2D eigenvalue weighted by Crippen LogP contribution is 1.93. The number of ether oxygens (including phenoxy) is 2. The summed E-state index contributed by atoms with van der Waals surface area (Å²) in [5, 5.41) is 6.61. The van der Waals surface area contributed by atoms with Gasteiger partial charge in [0.1, 0.15) is 0 Å². The summed E-state index contributed by atoms with van der Waals surface area (Å²) < 4.78 is 10.5. The molecule has 0 radical (unpaired) electrons. The zero-order chi connectivity index (χ0) is 14.9. The van der Waals surface area contributed by atoms with E-state index in [1.165, 1.54) is 12.8 Å². The van der Waals surface area contributed by atoms with Crippen LogP contribution in [0.5, 0.6) is 0 Å². The third-order valence-electron chi connectivity index (χ3n) is 2.94. The van der Waals surface area contributed by atoms with Crippen molar-refractivity contribution >= 4 is 5.96 Å². The van der Waals surface area contributed by atoms with E-state index in [0.29, 0.717) is 0 Å². The van der Waals surface area contributed by atoms with Crippen molar-refractivity contribution in [3.05, 3.63) is 0 Å².